The summed E-state index contributed by atoms with van der Waals surface area (Å²) in [6.07, 6.45) is 0. The average molecular weight is 437 g/mol. The average Bonchev–Trinajstić information content (AvgIpc) is 3.00. The van der Waals surface area contributed by atoms with E-state index in [2.05, 4.69) is 5.32 Å². The lowest BCUT2D eigenvalue weighted by molar-refractivity contribution is 0.0950. The number of hydrogen-bond donors (Lipinski definition) is 1. The van der Waals surface area contributed by atoms with Crippen LogP contribution in [0.2, 0.25) is 0 Å². The summed E-state index contributed by atoms with van der Waals surface area (Å²) in [6.45, 7) is 2.91. The summed E-state index contributed by atoms with van der Waals surface area (Å²) >= 11 is 0. The summed E-state index contributed by atoms with van der Waals surface area (Å²) < 4.78 is 33.5. The van der Waals surface area contributed by atoms with Crippen molar-refractivity contribution in [2.45, 2.75) is 24.9 Å². The van der Waals surface area contributed by atoms with E-state index >= 15 is 0 Å². The molecule has 0 aromatic heterocycles. The van der Waals surface area contributed by atoms with Crippen LogP contribution >= 0.6 is 0 Å². The first kappa shape index (κ1) is 21.1. The Balaban J connectivity index is 1.54. The van der Waals surface area contributed by atoms with Crippen LogP contribution in [-0.4, -0.2) is 31.8 Å². The SMILES string of the molecule is Cc1cccc(S(=O)(=O)N2CCOc3ccc(C(=O)NCc4ccccc4)cc3C2)c1. The molecule has 1 N–H and O–H groups in total. The second-order valence-corrected chi connectivity index (χ2v) is 9.43. The van der Waals surface area contributed by atoms with Crippen LogP contribution in [0, 0.1) is 6.92 Å². The first-order chi connectivity index (χ1) is 14.9. The molecule has 0 atom stereocenters. The highest BCUT2D eigenvalue weighted by Crippen LogP contribution is 2.28. The van der Waals surface area contributed by atoms with Crippen LogP contribution in [0.1, 0.15) is 27.0 Å². The predicted octanol–water partition coefficient (Wildman–Crippen LogP) is 3.51. The molecule has 3 aromatic rings. The number of carbonyl (C=O) groups is 1. The number of benzene rings is 3. The van der Waals surface area contributed by atoms with Crippen molar-refractivity contribution >= 4 is 15.9 Å². The molecule has 1 aliphatic heterocycles. The molecular formula is C24H24N2O4S. The third kappa shape index (κ3) is 4.78. The van der Waals surface area contributed by atoms with Gasteiger partial charge in [-0.3, -0.25) is 4.79 Å². The Morgan fingerprint density at radius 1 is 1.03 bits per heavy atom. The van der Waals surface area contributed by atoms with Crippen LogP contribution in [0.4, 0.5) is 0 Å². The Morgan fingerprint density at radius 2 is 1.84 bits per heavy atom. The second kappa shape index (κ2) is 8.91. The smallest absolute Gasteiger partial charge is 0.251 e. The number of nitrogens with zero attached hydrogens (tertiary/aromatic N) is 1. The van der Waals surface area contributed by atoms with Crippen molar-refractivity contribution in [3.63, 3.8) is 0 Å². The Kier molecular flexibility index (Phi) is 6.06. The summed E-state index contributed by atoms with van der Waals surface area (Å²) in [5.74, 6) is 0.380. The highest BCUT2D eigenvalue weighted by atomic mass is 32.2. The fourth-order valence-electron chi connectivity index (χ4n) is 3.52. The van der Waals surface area contributed by atoms with Gasteiger partial charge in [0.2, 0.25) is 10.0 Å². The molecule has 31 heavy (non-hydrogen) atoms. The lowest BCUT2D eigenvalue weighted by Gasteiger charge is -2.20. The van der Waals surface area contributed by atoms with Gasteiger partial charge in [-0.15, -0.1) is 0 Å². The Labute approximate surface area is 182 Å². The lowest BCUT2D eigenvalue weighted by Crippen LogP contribution is -2.32. The van der Waals surface area contributed by atoms with E-state index < -0.39 is 10.0 Å². The van der Waals surface area contributed by atoms with E-state index in [0.29, 0.717) is 23.4 Å². The van der Waals surface area contributed by atoms with E-state index in [1.165, 1.54) is 4.31 Å². The maximum atomic E-state index is 13.2. The number of ether oxygens (including phenoxy) is 1. The van der Waals surface area contributed by atoms with Crippen LogP contribution in [0.15, 0.2) is 77.7 Å². The third-order valence-corrected chi connectivity index (χ3v) is 7.03. The van der Waals surface area contributed by atoms with Gasteiger partial charge in [-0.25, -0.2) is 8.42 Å². The van der Waals surface area contributed by atoms with Crippen molar-refractivity contribution in [3.05, 3.63) is 95.1 Å². The topological polar surface area (TPSA) is 75.7 Å². The van der Waals surface area contributed by atoms with Gasteiger partial charge in [-0.2, -0.15) is 4.31 Å². The van der Waals surface area contributed by atoms with E-state index in [0.717, 1.165) is 11.1 Å². The molecule has 4 rings (SSSR count). The zero-order valence-corrected chi connectivity index (χ0v) is 18.1. The van der Waals surface area contributed by atoms with Crippen LogP contribution in [0.25, 0.3) is 0 Å². The minimum Gasteiger partial charge on any atom is -0.492 e. The van der Waals surface area contributed by atoms with Crippen molar-refractivity contribution < 1.29 is 17.9 Å². The number of carbonyl (C=O) groups excluding carboxylic acids is 1. The van der Waals surface area contributed by atoms with Gasteiger partial charge in [0.05, 0.1) is 4.90 Å². The van der Waals surface area contributed by atoms with Gasteiger partial charge in [0.25, 0.3) is 5.91 Å². The monoisotopic (exact) mass is 436 g/mol. The molecule has 3 aromatic carbocycles. The fourth-order valence-corrected chi connectivity index (χ4v) is 5.03. The van der Waals surface area contributed by atoms with Gasteiger partial charge in [0.1, 0.15) is 12.4 Å². The largest absolute Gasteiger partial charge is 0.492 e. The van der Waals surface area contributed by atoms with Crippen molar-refractivity contribution in [1.82, 2.24) is 9.62 Å². The number of fused-ring (bicyclic) bond motifs is 1. The summed E-state index contributed by atoms with van der Waals surface area (Å²) in [5, 5.41) is 2.90. The van der Waals surface area contributed by atoms with Crippen LogP contribution in [0.5, 0.6) is 5.75 Å². The fraction of sp³-hybridized carbons (Fsp3) is 0.208. The predicted molar refractivity (Wildman–Crippen MR) is 118 cm³/mol. The Morgan fingerprint density at radius 3 is 2.61 bits per heavy atom. The van der Waals surface area contributed by atoms with E-state index in [-0.39, 0.29) is 30.5 Å². The molecule has 0 bridgehead atoms. The molecular weight excluding hydrogens is 412 g/mol. The van der Waals surface area contributed by atoms with Gasteiger partial charge in [-0.05, 0) is 48.4 Å². The number of amides is 1. The molecule has 6 nitrogen and oxygen atoms in total. The van der Waals surface area contributed by atoms with Crippen molar-refractivity contribution in [3.8, 4) is 5.75 Å². The quantitative estimate of drug-likeness (QED) is 0.664. The molecule has 1 amide bonds. The number of nitrogens with one attached hydrogen (secondary N) is 1. The van der Waals surface area contributed by atoms with E-state index in [9.17, 15) is 13.2 Å². The molecule has 1 heterocycles. The summed E-state index contributed by atoms with van der Waals surface area (Å²) in [6, 6.07) is 21.7. The van der Waals surface area contributed by atoms with Crippen LogP contribution < -0.4 is 10.1 Å². The molecule has 1 aliphatic rings. The maximum absolute atomic E-state index is 13.2. The van der Waals surface area contributed by atoms with Crippen LogP contribution in [-0.2, 0) is 23.1 Å². The second-order valence-electron chi connectivity index (χ2n) is 7.49. The number of sulfonamides is 1. The van der Waals surface area contributed by atoms with Crippen molar-refractivity contribution in [2.24, 2.45) is 0 Å². The Bertz CT molecular complexity index is 1190. The molecule has 0 saturated heterocycles. The normalized spacial score (nSPS) is 14.2. The van der Waals surface area contributed by atoms with Gasteiger partial charge < -0.3 is 10.1 Å². The Hall–Kier alpha value is -3.16. The standard InChI is InChI=1S/C24H24N2O4S/c1-18-6-5-9-22(14-18)31(28,29)26-12-13-30-23-11-10-20(15-21(23)17-26)24(27)25-16-19-7-3-2-4-8-19/h2-11,14-15H,12-13,16-17H2,1H3,(H,25,27). The van der Waals surface area contributed by atoms with Gasteiger partial charge in [-0.1, -0.05) is 42.5 Å². The van der Waals surface area contributed by atoms with Crippen molar-refractivity contribution in [1.29, 1.82) is 0 Å². The van der Waals surface area contributed by atoms with Gasteiger partial charge >= 0.3 is 0 Å². The molecule has 0 saturated carbocycles. The first-order valence-electron chi connectivity index (χ1n) is 10.1. The molecule has 0 fully saturated rings. The molecule has 7 heteroatoms. The summed E-state index contributed by atoms with van der Waals surface area (Å²) in [5.41, 5.74) is 3.02. The van der Waals surface area contributed by atoms with E-state index in [1.54, 1.807) is 36.4 Å². The zero-order chi connectivity index (χ0) is 21.8. The van der Waals surface area contributed by atoms with E-state index in [4.69, 9.17) is 4.74 Å². The molecule has 160 valence electrons. The van der Waals surface area contributed by atoms with E-state index in [1.807, 2.05) is 43.3 Å². The minimum atomic E-state index is -3.68. The summed E-state index contributed by atoms with van der Waals surface area (Å²) in [7, 11) is -3.68. The zero-order valence-electron chi connectivity index (χ0n) is 17.2. The third-order valence-electron chi connectivity index (χ3n) is 5.19. The number of aryl methyl sites for hydroxylation is 1. The molecule has 0 unspecified atom stereocenters. The summed E-state index contributed by atoms with van der Waals surface area (Å²) in [4.78, 5) is 12.9. The van der Waals surface area contributed by atoms with Crippen molar-refractivity contribution in [2.75, 3.05) is 13.2 Å². The first-order valence-corrected chi connectivity index (χ1v) is 11.5. The molecule has 0 spiro atoms. The van der Waals surface area contributed by atoms with Gasteiger partial charge in [0.15, 0.2) is 0 Å². The highest BCUT2D eigenvalue weighted by molar-refractivity contribution is 7.89. The molecule has 0 radical (unpaired) electrons. The minimum absolute atomic E-state index is 0.144. The van der Waals surface area contributed by atoms with Gasteiger partial charge in [0, 0.05) is 30.8 Å². The number of rotatable bonds is 5. The maximum Gasteiger partial charge on any atom is 0.251 e. The molecule has 0 aliphatic carbocycles. The van der Waals surface area contributed by atoms with Crippen LogP contribution in [0.3, 0.4) is 0 Å². The highest BCUT2D eigenvalue weighted by Gasteiger charge is 2.28. The lowest BCUT2D eigenvalue weighted by atomic mass is 10.1. The number of hydrogen-bond acceptors (Lipinski definition) is 4.